The van der Waals surface area contributed by atoms with Crippen LogP contribution in [0.5, 0.6) is 0 Å². The molecule has 1 fully saturated rings. The number of nitrogens with zero attached hydrogens (tertiary/aromatic N) is 1. The van der Waals surface area contributed by atoms with Crippen LogP contribution in [0.4, 0.5) is 5.00 Å². The zero-order chi connectivity index (χ0) is 13.9. The van der Waals surface area contributed by atoms with E-state index >= 15 is 0 Å². The Hall–Kier alpha value is -1.85. The number of thiophene rings is 1. The first-order valence-electron chi connectivity index (χ1n) is 6.57. The molecule has 1 saturated heterocycles. The number of ether oxygens (including phenoxy) is 1. The minimum Gasteiger partial charge on any atom is -0.390 e. The van der Waals surface area contributed by atoms with Crippen LogP contribution in [0.15, 0.2) is 36.4 Å². The summed E-state index contributed by atoms with van der Waals surface area (Å²) in [6.07, 6.45) is 0. The molecule has 2 heterocycles. The number of amides is 1. The third kappa shape index (κ3) is 2.55. The van der Waals surface area contributed by atoms with Gasteiger partial charge < -0.3 is 15.4 Å². The summed E-state index contributed by atoms with van der Waals surface area (Å²) in [5.41, 5.74) is 7.72. The number of morpholine rings is 1. The maximum atomic E-state index is 12.5. The second-order valence-electron chi connectivity index (χ2n) is 4.66. The minimum absolute atomic E-state index is 0.00392. The van der Waals surface area contributed by atoms with Gasteiger partial charge in [-0.1, -0.05) is 30.3 Å². The average molecular weight is 288 g/mol. The highest BCUT2D eigenvalue weighted by atomic mass is 32.1. The summed E-state index contributed by atoms with van der Waals surface area (Å²) in [5, 5.41) is 0.584. The molecule has 0 saturated carbocycles. The lowest BCUT2D eigenvalue weighted by Gasteiger charge is -2.26. The van der Waals surface area contributed by atoms with Crippen molar-refractivity contribution in [2.24, 2.45) is 0 Å². The van der Waals surface area contributed by atoms with E-state index in [0.717, 1.165) is 10.4 Å². The maximum Gasteiger partial charge on any atom is 0.257 e. The number of hydrogen-bond donors (Lipinski definition) is 1. The largest absolute Gasteiger partial charge is 0.390 e. The van der Waals surface area contributed by atoms with Gasteiger partial charge in [0.25, 0.3) is 5.91 Å². The Bertz CT molecular complexity index is 604. The topological polar surface area (TPSA) is 55.6 Å². The van der Waals surface area contributed by atoms with E-state index in [4.69, 9.17) is 10.5 Å². The van der Waals surface area contributed by atoms with E-state index in [1.165, 1.54) is 11.3 Å². The molecule has 1 aromatic carbocycles. The Kier molecular flexibility index (Phi) is 3.71. The van der Waals surface area contributed by atoms with Gasteiger partial charge in [-0.05, 0) is 11.6 Å². The molecular formula is C15H16N2O2S. The summed E-state index contributed by atoms with van der Waals surface area (Å²) >= 11 is 1.46. The van der Waals surface area contributed by atoms with Crippen LogP contribution in [-0.2, 0) is 4.74 Å². The second kappa shape index (κ2) is 5.64. The van der Waals surface area contributed by atoms with Crippen molar-refractivity contribution >= 4 is 22.2 Å². The van der Waals surface area contributed by atoms with Crippen molar-refractivity contribution in [1.29, 1.82) is 0 Å². The summed E-state index contributed by atoms with van der Waals surface area (Å²) in [6.45, 7) is 2.46. The normalized spacial score (nSPS) is 15.3. The number of hydrogen-bond acceptors (Lipinski definition) is 4. The van der Waals surface area contributed by atoms with Crippen LogP contribution in [0.25, 0.3) is 10.4 Å². The standard InChI is InChI=1S/C15H16N2O2S/c16-14-12(15(18)17-6-8-19-9-7-17)10-13(20-14)11-4-2-1-3-5-11/h1-5,10H,6-9,16H2. The zero-order valence-corrected chi connectivity index (χ0v) is 11.9. The van der Waals surface area contributed by atoms with Crippen molar-refractivity contribution in [3.05, 3.63) is 42.0 Å². The Morgan fingerprint density at radius 2 is 1.90 bits per heavy atom. The molecular weight excluding hydrogens is 272 g/mol. The highest BCUT2D eigenvalue weighted by molar-refractivity contribution is 7.19. The molecule has 3 rings (SSSR count). The molecule has 2 aromatic rings. The van der Waals surface area contributed by atoms with Gasteiger partial charge in [0.1, 0.15) is 0 Å². The van der Waals surface area contributed by atoms with Gasteiger partial charge in [-0.15, -0.1) is 11.3 Å². The van der Waals surface area contributed by atoms with E-state index in [2.05, 4.69) is 0 Å². The lowest BCUT2D eigenvalue weighted by atomic mass is 10.1. The molecule has 4 nitrogen and oxygen atoms in total. The van der Waals surface area contributed by atoms with Crippen molar-refractivity contribution in [3.63, 3.8) is 0 Å². The van der Waals surface area contributed by atoms with E-state index in [9.17, 15) is 4.79 Å². The van der Waals surface area contributed by atoms with Crippen LogP contribution in [0.3, 0.4) is 0 Å². The van der Waals surface area contributed by atoms with Crippen molar-refractivity contribution in [2.45, 2.75) is 0 Å². The first kappa shape index (κ1) is 13.1. The fourth-order valence-corrected chi connectivity index (χ4v) is 3.18. The Labute approximate surface area is 121 Å². The van der Waals surface area contributed by atoms with E-state index in [-0.39, 0.29) is 5.91 Å². The highest BCUT2D eigenvalue weighted by Gasteiger charge is 2.22. The van der Waals surface area contributed by atoms with Gasteiger partial charge in [0, 0.05) is 18.0 Å². The first-order valence-corrected chi connectivity index (χ1v) is 7.39. The van der Waals surface area contributed by atoms with E-state index < -0.39 is 0 Å². The lowest BCUT2D eigenvalue weighted by molar-refractivity contribution is 0.0304. The second-order valence-corrected chi connectivity index (χ2v) is 5.74. The molecule has 0 bridgehead atoms. The van der Waals surface area contributed by atoms with Crippen LogP contribution in [0.2, 0.25) is 0 Å². The number of rotatable bonds is 2. The molecule has 0 radical (unpaired) electrons. The third-order valence-electron chi connectivity index (χ3n) is 3.35. The van der Waals surface area contributed by atoms with E-state index in [1.807, 2.05) is 36.4 Å². The molecule has 1 aliphatic rings. The molecule has 0 spiro atoms. The Balaban J connectivity index is 1.87. The summed E-state index contributed by atoms with van der Waals surface area (Å²) in [5.74, 6) is 0.00392. The monoisotopic (exact) mass is 288 g/mol. The predicted octanol–water partition coefficient (Wildman–Crippen LogP) is 2.47. The van der Waals surface area contributed by atoms with Gasteiger partial charge in [-0.3, -0.25) is 4.79 Å². The van der Waals surface area contributed by atoms with Crippen LogP contribution in [0.1, 0.15) is 10.4 Å². The van der Waals surface area contributed by atoms with Crippen LogP contribution in [0, 0.1) is 0 Å². The maximum absolute atomic E-state index is 12.5. The van der Waals surface area contributed by atoms with Gasteiger partial charge in [-0.2, -0.15) is 0 Å². The molecule has 0 atom stereocenters. The van der Waals surface area contributed by atoms with Gasteiger partial charge in [0.15, 0.2) is 0 Å². The number of benzene rings is 1. The van der Waals surface area contributed by atoms with Crippen molar-refractivity contribution < 1.29 is 9.53 Å². The molecule has 5 heteroatoms. The fraction of sp³-hybridized carbons (Fsp3) is 0.267. The van der Waals surface area contributed by atoms with Crippen molar-refractivity contribution in [1.82, 2.24) is 4.90 Å². The van der Waals surface area contributed by atoms with Crippen molar-refractivity contribution in [3.8, 4) is 10.4 Å². The average Bonchev–Trinajstić information content (AvgIpc) is 2.90. The quantitative estimate of drug-likeness (QED) is 0.923. The molecule has 20 heavy (non-hydrogen) atoms. The number of carbonyl (C=O) groups is 1. The summed E-state index contributed by atoms with van der Waals surface area (Å²) in [7, 11) is 0. The predicted molar refractivity (Wildman–Crippen MR) is 80.9 cm³/mol. The first-order chi connectivity index (χ1) is 9.75. The van der Waals surface area contributed by atoms with Crippen LogP contribution >= 0.6 is 11.3 Å². The van der Waals surface area contributed by atoms with Crippen molar-refractivity contribution in [2.75, 3.05) is 32.0 Å². The van der Waals surface area contributed by atoms with Crippen LogP contribution < -0.4 is 5.73 Å². The zero-order valence-electron chi connectivity index (χ0n) is 11.0. The molecule has 1 amide bonds. The molecule has 0 unspecified atom stereocenters. The summed E-state index contributed by atoms with van der Waals surface area (Å²) in [6, 6.07) is 11.9. The molecule has 1 aliphatic heterocycles. The number of nitrogen functional groups attached to an aromatic ring is 1. The van der Waals surface area contributed by atoms with E-state index in [1.54, 1.807) is 4.90 Å². The van der Waals surface area contributed by atoms with Gasteiger partial charge in [-0.25, -0.2) is 0 Å². The van der Waals surface area contributed by atoms with Gasteiger partial charge in [0.2, 0.25) is 0 Å². The highest BCUT2D eigenvalue weighted by Crippen LogP contribution is 2.34. The smallest absolute Gasteiger partial charge is 0.257 e. The molecule has 104 valence electrons. The summed E-state index contributed by atoms with van der Waals surface area (Å²) in [4.78, 5) is 15.3. The SMILES string of the molecule is Nc1sc(-c2ccccc2)cc1C(=O)N1CCOCC1. The lowest BCUT2D eigenvalue weighted by Crippen LogP contribution is -2.40. The van der Waals surface area contributed by atoms with Gasteiger partial charge in [0.05, 0.1) is 23.8 Å². The minimum atomic E-state index is 0.00392. The van der Waals surface area contributed by atoms with Crippen LogP contribution in [-0.4, -0.2) is 37.1 Å². The molecule has 0 aliphatic carbocycles. The Morgan fingerprint density at radius 3 is 2.60 bits per heavy atom. The number of anilines is 1. The molecule has 1 aromatic heterocycles. The number of nitrogens with two attached hydrogens (primary N) is 1. The van der Waals surface area contributed by atoms with Gasteiger partial charge >= 0.3 is 0 Å². The third-order valence-corrected chi connectivity index (χ3v) is 4.36. The van der Waals surface area contributed by atoms with E-state index in [0.29, 0.717) is 36.9 Å². The summed E-state index contributed by atoms with van der Waals surface area (Å²) < 4.78 is 5.27. The fourth-order valence-electron chi connectivity index (χ4n) is 2.25. The number of carbonyl (C=O) groups excluding carboxylic acids is 1. The Morgan fingerprint density at radius 1 is 1.20 bits per heavy atom. The molecule has 2 N–H and O–H groups in total.